The molecule has 0 aromatic heterocycles. The average molecular weight is 286 g/mol. The van der Waals surface area contributed by atoms with Crippen LogP contribution in [0.1, 0.15) is 25.7 Å². The van der Waals surface area contributed by atoms with Gasteiger partial charge in [-0.15, -0.1) is 0 Å². The molecule has 1 aliphatic heterocycles. The molecule has 0 spiro atoms. The lowest BCUT2D eigenvalue weighted by molar-refractivity contribution is -0.143. The molecule has 1 heterocycles. The Bertz CT molecular complexity index is 364. The second-order valence-corrected chi connectivity index (χ2v) is 4.98. The number of hydrogen-bond acceptors (Lipinski definition) is 4. The van der Waals surface area contributed by atoms with Crippen LogP contribution in [0.2, 0.25) is 0 Å². The number of likely N-dealkylation sites (tertiary alicyclic amines) is 1. The van der Waals surface area contributed by atoms with E-state index in [-0.39, 0.29) is 24.3 Å². The third-order valence-electron chi connectivity index (χ3n) is 3.54. The molecule has 0 aliphatic carbocycles. The van der Waals surface area contributed by atoms with Crippen molar-refractivity contribution in [1.82, 2.24) is 9.80 Å². The summed E-state index contributed by atoms with van der Waals surface area (Å²) in [6, 6.07) is -0.112. The van der Waals surface area contributed by atoms with Gasteiger partial charge >= 0.3 is 18.0 Å². The minimum absolute atomic E-state index is 0.112. The van der Waals surface area contributed by atoms with E-state index in [0.717, 1.165) is 0 Å². The van der Waals surface area contributed by atoms with Gasteiger partial charge in [0.15, 0.2) is 0 Å². The van der Waals surface area contributed by atoms with E-state index in [1.807, 2.05) is 0 Å². The quantitative estimate of drug-likeness (QED) is 0.755. The molecule has 0 aromatic rings. The first kappa shape index (κ1) is 16.3. The zero-order valence-electron chi connectivity index (χ0n) is 12.0. The number of piperidine rings is 1. The van der Waals surface area contributed by atoms with Crippen LogP contribution >= 0.6 is 0 Å². The van der Waals surface area contributed by atoms with Gasteiger partial charge in [0.1, 0.15) is 0 Å². The molecule has 2 amide bonds. The number of carbonyl (C=O) groups excluding carboxylic acids is 2. The van der Waals surface area contributed by atoms with Gasteiger partial charge in [-0.1, -0.05) is 0 Å². The predicted molar refractivity (Wildman–Crippen MR) is 71.2 cm³/mol. The number of amides is 2. The third-order valence-corrected chi connectivity index (χ3v) is 3.54. The maximum atomic E-state index is 12.1. The van der Waals surface area contributed by atoms with Gasteiger partial charge in [0.25, 0.3) is 0 Å². The fourth-order valence-electron chi connectivity index (χ4n) is 2.22. The van der Waals surface area contributed by atoms with Crippen molar-refractivity contribution in [3.05, 3.63) is 0 Å². The summed E-state index contributed by atoms with van der Waals surface area (Å²) in [4.78, 5) is 37.1. The molecule has 1 saturated heterocycles. The van der Waals surface area contributed by atoms with E-state index in [9.17, 15) is 14.4 Å². The van der Waals surface area contributed by atoms with E-state index >= 15 is 0 Å². The Labute approximate surface area is 118 Å². The molecule has 1 rings (SSSR count). The van der Waals surface area contributed by atoms with E-state index in [0.29, 0.717) is 38.9 Å². The summed E-state index contributed by atoms with van der Waals surface area (Å²) >= 11 is 0. The van der Waals surface area contributed by atoms with Gasteiger partial charge in [-0.05, 0) is 19.3 Å². The number of carboxylic acid groups (broad SMARTS) is 1. The Morgan fingerprint density at radius 2 is 1.90 bits per heavy atom. The molecule has 1 aliphatic rings. The van der Waals surface area contributed by atoms with Gasteiger partial charge < -0.3 is 19.6 Å². The smallest absolute Gasteiger partial charge is 0.319 e. The number of aliphatic carboxylic acids is 1. The van der Waals surface area contributed by atoms with E-state index < -0.39 is 5.97 Å². The van der Waals surface area contributed by atoms with E-state index in [2.05, 4.69) is 4.74 Å². The van der Waals surface area contributed by atoms with Crippen molar-refractivity contribution in [3.63, 3.8) is 0 Å². The molecule has 114 valence electrons. The third kappa shape index (κ3) is 4.71. The van der Waals surface area contributed by atoms with Crippen LogP contribution in [-0.4, -0.2) is 66.7 Å². The van der Waals surface area contributed by atoms with Gasteiger partial charge in [0, 0.05) is 33.1 Å². The number of esters is 1. The molecule has 1 fully saturated rings. The molecular weight excluding hydrogens is 264 g/mol. The number of nitrogens with zero attached hydrogens (tertiary/aromatic N) is 2. The van der Waals surface area contributed by atoms with Crippen molar-refractivity contribution in [2.45, 2.75) is 25.7 Å². The van der Waals surface area contributed by atoms with Crippen molar-refractivity contribution in [1.29, 1.82) is 0 Å². The van der Waals surface area contributed by atoms with E-state index in [4.69, 9.17) is 5.11 Å². The Balaban J connectivity index is 2.31. The average Bonchev–Trinajstić information content (AvgIpc) is 2.46. The van der Waals surface area contributed by atoms with Crippen molar-refractivity contribution < 1.29 is 24.2 Å². The zero-order valence-corrected chi connectivity index (χ0v) is 12.0. The molecule has 0 bridgehead atoms. The summed E-state index contributed by atoms with van der Waals surface area (Å²) in [5.41, 5.74) is 0. The monoisotopic (exact) mass is 286 g/mol. The predicted octanol–water partition coefficient (Wildman–Crippen LogP) is 0.788. The number of methoxy groups -OCH3 is 1. The van der Waals surface area contributed by atoms with Crippen LogP contribution in [0.4, 0.5) is 4.79 Å². The lowest BCUT2D eigenvalue weighted by Crippen LogP contribution is -2.46. The van der Waals surface area contributed by atoms with Crippen LogP contribution in [0.15, 0.2) is 0 Å². The van der Waals surface area contributed by atoms with Crippen LogP contribution < -0.4 is 0 Å². The topological polar surface area (TPSA) is 87.2 Å². The van der Waals surface area contributed by atoms with Gasteiger partial charge in [0.05, 0.1) is 13.0 Å². The first-order chi connectivity index (χ1) is 9.45. The Kier molecular flexibility index (Phi) is 6.27. The molecule has 7 nitrogen and oxygen atoms in total. The summed E-state index contributed by atoms with van der Waals surface area (Å²) in [6.45, 7) is 1.42. The van der Waals surface area contributed by atoms with Crippen LogP contribution in [0.25, 0.3) is 0 Å². The van der Waals surface area contributed by atoms with Crippen molar-refractivity contribution in [2.24, 2.45) is 5.92 Å². The van der Waals surface area contributed by atoms with Crippen LogP contribution in [0.5, 0.6) is 0 Å². The highest BCUT2D eigenvalue weighted by Gasteiger charge is 2.28. The Morgan fingerprint density at radius 3 is 2.40 bits per heavy atom. The molecular formula is C13H22N2O5. The zero-order chi connectivity index (χ0) is 15.1. The van der Waals surface area contributed by atoms with Gasteiger partial charge in [0.2, 0.25) is 0 Å². The molecule has 0 saturated carbocycles. The molecule has 1 N–H and O–H groups in total. The molecule has 20 heavy (non-hydrogen) atoms. The maximum Gasteiger partial charge on any atom is 0.319 e. The number of carboxylic acids is 1. The van der Waals surface area contributed by atoms with Crippen molar-refractivity contribution >= 4 is 18.0 Å². The number of hydrogen-bond donors (Lipinski definition) is 1. The Hall–Kier alpha value is -1.79. The highest BCUT2D eigenvalue weighted by atomic mass is 16.5. The van der Waals surface area contributed by atoms with Crippen LogP contribution in [0.3, 0.4) is 0 Å². The second kappa shape index (κ2) is 7.72. The number of ether oxygens (including phenoxy) is 1. The summed E-state index contributed by atoms with van der Waals surface area (Å²) in [5.74, 6) is -1.42. The van der Waals surface area contributed by atoms with E-state index in [1.54, 1.807) is 16.8 Å². The van der Waals surface area contributed by atoms with Crippen molar-refractivity contribution in [2.75, 3.05) is 33.8 Å². The normalized spacial score (nSPS) is 15.8. The van der Waals surface area contributed by atoms with Gasteiger partial charge in [-0.2, -0.15) is 0 Å². The lowest BCUT2D eigenvalue weighted by Gasteiger charge is -2.33. The molecule has 0 atom stereocenters. The highest BCUT2D eigenvalue weighted by molar-refractivity contribution is 5.75. The Morgan fingerprint density at radius 1 is 1.30 bits per heavy atom. The first-order valence-electron chi connectivity index (χ1n) is 6.75. The second-order valence-electron chi connectivity index (χ2n) is 4.98. The number of rotatable bonds is 5. The fourth-order valence-corrected chi connectivity index (χ4v) is 2.22. The first-order valence-corrected chi connectivity index (χ1v) is 6.75. The van der Waals surface area contributed by atoms with Crippen molar-refractivity contribution in [3.8, 4) is 0 Å². The summed E-state index contributed by atoms with van der Waals surface area (Å²) in [5, 5.41) is 8.91. The fraction of sp³-hybridized carbons (Fsp3) is 0.769. The van der Waals surface area contributed by atoms with Gasteiger partial charge in [-0.25, -0.2) is 4.79 Å². The molecule has 0 radical (unpaired) electrons. The highest BCUT2D eigenvalue weighted by Crippen LogP contribution is 2.18. The van der Waals surface area contributed by atoms with Crippen LogP contribution in [0, 0.1) is 5.92 Å². The summed E-state index contributed by atoms with van der Waals surface area (Å²) in [6.07, 6.45) is 1.84. The number of carbonyl (C=O) groups is 3. The largest absolute Gasteiger partial charge is 0.481 e. The van der Waals surface area contributed by atoms with Gasteiger partial charge in [-0.3, -0.25) is 9.59 Å². The summed E-state index contributed by atoms with van der Waals surface area (Å²) < 4.78 is 4.53. The standard InChI is InChI=1S/C13H22N2O5/c1-14(7-3-4-11(16)20-2)13(19)15-8-5-10(6-9-15)12(17)18/h10H,3-9H2,1-2H3,(H,17,18). The maximum absolute atomic E-state index is 12.1. The molecule has 0 aromatic carbocycles. The lowest BCUT2D eigenvalue weighted by atomic mass is 9.97. The number of urea groups is 1. The molecule has 0 unspecified atom stereocenters. The minimum atomic E-state index is -0.788. The molecule has 7 heteroatoms. The SMILES string of the molecule is COC(=O)CCCN(C)C(=O)N1CCC(C(=O)O)CC1. The van der Waals surface area contributed by atoms with Crippen LogP contribution in [-0.2, 0) is 14.3 Å². The minimum Gasteiger partial charge on any atom is -0.481 e. The van der Waals surface area contributed by atoms with E-state index in [1.165, 1.54) is 7.11 Å². The summed E-state index contributed by atoms with van der Waals surface area (Å²) in [7, 11) is 3.02.